The van der Waals surface area contributed by atoms with Gasteiger partial charge in [0.25, 0.3) is 0 Å². The number of likely N-dealkylation sites (tertiary alicyclic amines) is 1. The van der Waals surface area contributed by atoms with Gasteiger partial charge in [-0.05, 0) is 56.3 Å². The maximum atomic E-state index is 12.1. The minimum absolute atomic E-state index is 0.184. The number of rotatable bonds is 3. The third-order valence-corrected chi connectivity index (χ3v) is 4.27. The van der Waals surface area contributed by atoms with Gasteiger partial charge in [0.15, 0.2) is 0 Å². The molecule has 3 nitrogen and oxygen atoms in total. The Bertz CT molecular complexity index is 452. The first-order valence-electron chi connectivity index (χ1n) is 7.42. The highest BCUT2D eigenvalue weighted by molar-refractivity contribution is 5.78. The van der Waals surface area contributed by atoms with Crippen LogP contribution in [0, 0.1) is 0 Å². The fourth-order valence-corrected chi connectivity index (χ4v) is 3.29. The Morgan fingerprint density at radius 2 is 2.00 bits per heavy atom. The number of hydrogen-bond acceptors (Lipinski definition) is 2. The summed E-state index contributed by atoms with van der Waals surface area (Å²) in [5, 5.41) is 3.22. The molecular weight excluding hydrogens is 236 g/mol. The third-order valence-electron chi connectivity index (χ3n) is 4.27. The van der Waals surface area contributed by atoms with Crippen molar-refractivity contribution in [2.24, 2.45) is 0 Å². The fourth-order valence-electron chi connectivity index (χ4n) is 3.29. The van der Waals surface area contributed by atoms with E-state index in [1.54, 1.807) is 0 Å². The van der Waals surface area contributed by atoms with Crippen molar-refractivity contribution >= 4 is 5.91 Å². The predicted molar refractivity (Wildman–Crippen MR) is 75.9 cm³/mol. The van der Waals surface area contributed by atoms with E-state index in [1.165, 1.54) is 30.4 Å². The van der Waals surface area contributed by atoms with Gasteiger partial charge in [-0.15, -0.1) is 0 Å². The van der Waals surface area contributed by atoms with Crippen LogP contribution < -0.4 is 5.32 Å². The molecule has 1 N–H and O–H groups in total. The largest absolute Gasteiger partial charge is 0.348 e. The van der Waals surface area contributed by atoms with Crippen molar-refractivity contribution in [2.75, 3.05) is 19.6 Å². The molecule has 1 atom stereocenters. The summed E-state index contributed by atoms with van der Waals surface area (Å²) >= 11 is 0. The number of nitrogens with one attached hydrogen (secondary N) is 1. The van der Waals surface area contributed by atoms with Crippen LogP contribution in [0.25, 0.3) is 0 Å². The highest BCUT2D eigenvalue weighted by Crippen LogP contribution is 2.29. The highest BCUT2D eigenvalue weighted by atomic mass is 16.2. The molecule has 3 rings (SSSR count). The van der Waals surface area contributed by atoms with Crippen LogP contribution in [0.1, 0.15) is 42.9 Å². The Morgan fingerprint density at radius 3 is 2.84 bits per heavy atom. The van der Waals surface area contributed by atoms with Crippen molar-refractivity contribution in [2.45, 2.75) is 38.1 Å². The first-order chi connectivity index (χ1) is 9.33. The zero-order chi connectivity index (χ0) is 13.1. The summed E-state index contributed by atoms with van der Waals surface area (Å²) in [5.74, 6) is 0.184. The molecule has 102 valence electrons. The standard InChI is InChI=1S/C16H22N2O/c19-16(12-18-10-3-4-11-18)17-15-9-5-7-13-6-1-2-8-14(13)15/h1-2,6,8,15H,3-5,7,9-12H2,(H,17,19)/t15-/m0/s1. The lowest BCUT2D eigenvalue weighted by Gasteiger charge is -2.27. The van der Waals surface area contributed by atoms with Crippen molar-refractivity contribution in [3.63, 3.8) is 0 Å². The second kappa shape index (κ2) is 5.74. The minimum atomic E-state index is 0.184. The summed E-state index contributed by atoms with van der Waals surface area (Å²) < 4.78 is 0. The number of fused-ring (bicyclic) bond motifs is 1. The summed E-state index contributed by atoms with van der Waals surface area (Å²) in [5.41, 5.74) is 2.73. The molecular formula is C16H22N2O. The van der Waals surface area contributed by atoms with Crippen LogP contribution in [0.5, 0.6) is 0 Å². The molecule has 3 heteroatoms. The van der Waals surface area contributed by atoms with Crippen LogP contribution >= 0.6 is 0 Å². The summed E-state index contributed by atoms with van der Waals surface area (Å²) in [6, 6.07) is 8.74. The van der Waals surface area contributed by atoms with E-state index in [0.29, 0.717) is 6.54 Å². The number of carbonyl (C=O) groups excluding carboxylic acids is 1. The SMILES string of the molecule is O=C(CN1CCCC1)N[C@H]1CCCc2ccccc21. The normalized spacial score (nSPS) is 23.1. The minimum Gasteiger partial charge on any atom is -0.348 e. The molecule has 2 aliphatic rings. The van der Waals surface area contributed by atoms with Crippen molar-refractivity contribution in [3.05, 3.63) is 35.4 Å². The van der Waals surface area contributed by atoms with E-state index in [0.717, 1.165) is 25.9 Å². The maximum Gasteiger partial charge on any atom is 0.234 e. The van der Waals surface area contributed by atoms with Crippen molar-refractivity contribution in [3.8, 4) is 0 Å². The van der Waals surface area contributed by atoms with E-state index < -0.39 is 0 Å². The summed E-state index contributed by atoms with van der Waals surface area (Å²) in [7, 11) is 0. The third kappa shape index (κ3) is 2.98. The van der Waals surface area contributed by atoms with Crippen molar-refractivity contribution < 1.29 is 4.79 Å². The van der Waals surface area contributed by atoms with Gasteiger partial charge in [-0.2, -0.15) is 0 Å². The molecule has 0 spiro atoms. The predicted octanol–water partition coefficient (Wildman–Crippen LogP) is 2.28. The van der Waals surface area contributed by atoms with Gasteiger partial charge in [-0.3, -0.25) is 9.69 Å². The van der Waals surface area contributed by atoms with Gasteiger partial charge in [0, 0.05) is 0 Å². The number of amides is 1. The second-order valence-electron chi connectivity index (χ2n) is 5.69. The van der Waals surface area contributed by atoms with Gasteiger partial charge in [0.1, 0.15) is 0 Å². The summed E-state index contributed by atoms with van der Waals surface area (Å²) in [4.78, 5) is 14.4. The zero-order valence-electron chi connectivity index (χ0n) is 11.4. The molecule has 1 aliphatic heterocycles. The van der Waals surface area contributed by atoms with Crippen LogP contribution in [0.3, 0.4) is 0 Å². The number of hydrogen-bond donors (Lipinski definition) is 1. The van der Waals surface area contributed by atoms with Crippen LogP contribution in [0.15, 0.2) is 24.3 Å². The zero-order valence-corrected chi connectivity index (χ0v) is 11.4. The van der Waals surface area contributed by atoms with Gasteiger partial charge >= 0.3 is 0 Å². The number of nitrogens with zero attached hydrogens (tertiary/aromatic N) is 1. The quantitative estimate of drug-likeness (QED) is 0.902. The Balaban J connectivity index is 1.62. The molecule has 1 aromatic carbocycles. The molecule has 19 heavy (non-hydrogen) atoms. The van der Waals surface area contributed by atoms with Gasteiger partial charge in [-0.25, -0.2) is 0 Å². The van der Waals surface area contributed by atoms with Crippen molar-refractivity contribution in [1.29, 1.82) is 0 Å². The molecule has 1 heterocycles. The van der Waals surface area contributed by atoms with Gasteiger partial charge in [-0.1, -0.05) is 24.3 Å². The van der Waals surface area contributed by atoms with E-state index in [-0.39, 0.29) is 11.9 Å². The molecule has 1 amide bonds. The van der Waals surface area contributed by atoms with Crippen LogP contribution in [-0.2, 0) is 11.2 Å². The molecule has 1 saturated heterocycles. The summed E-state index contributed by atoms with van der Waals surface area (Å²) in [6.45, 7) is 2.72. The number of carbonyl (C=O) groups is 1. The topological polar surface area (TPSA) is 32.3 Å². The first kappa shape index (κ1) is 12.7. The van der Waals surface area contributed by atoms with E-state index in [4.69, 9.17) is 0 Å². The molecule has 0 bridgehead atoms. The molecule has 0 aromatic heterocycles. The van der Waals surface area contributed by atoms with Gasteiger partial charge in [0.05, 0.1) is 12.6 Å². The highest BCUT2D eigenvalue weighted by Gasteiger charge is 2.22. The van der Waals surface area contributed by atoms with Gasteiger partial charge in [0.2, 0.25) is 5.91 Å². The molecule has 1 aromatic rings. The number of aryl methyl sites for hydroxylation is 1. The molecule has 1 aliphatic carbocycles. The molecule has 1 fully saturated rings. The lowest BCUT2D eigenvalue weighted by molar-refractivity contribution is -0.122. The molecule has 0 radical (unpaired) electrons. The van der Waals surface area contributed by atoms with E-state index >= 15 is 0 Å². The van der Waals surface area contributed by atoms with E-state index in [9.17, 15) is 4.79 Å². The molecule has 0 unspecified atom stereocenters. The molecule has 0 saturated carbocycles. The summed E-state index contributed by atoms with van der Waals surface area (Å²) in [6.07, 6.45) is 5.86. The Morgan fingerprint density at radius 1 is 1.21 bits per heavy atom. The average Bonchev–Trinajstić information content (AvgIpc) is 2.92. The lowest BCUT2D eigenvalue weighted by atomic mass is 9.88. The van der Waals surface area contributed by atoms with Crippen LogP contribution in [0.2, 0.25) is 0 Å². The van der Waals surface area contributed by atoms with E-state index in [1.807, 2.05) is 0 Å². The van der Waals surface area contributed by atoms with Crippen molar-refractivity contribution in [1.82, 2.24) is 10.2 Å². The van der Waals surface area contributed by atoms with Gasteiger partial charge < -0.3 is 5.32 Å². The van der Waals surface area contributed by atoms with Crippen LogP contribution in [-0.4, -0.2) is 30.4 Å². The maximum absolute atomic E-state index is 12.1. The lowest BCUT2D eigenvalue weighted by Crippen LogP contribution is -2.38. The Kier molecular flexibility index (Phi) is 3.83. The fraction of sp³-hybridized carbons (Fsp3) is 0.562. The van der Waals surface area contributed by atoms with E-state index in [2.05, 4.69) is 34.5 Å². The Hall–Kier alpha value is -1.35. The average molecular weight is 258 g/mol. The van der Waals surface area contributed by atoms with Crippen LogP contribution in [0.4, 0.5) is 0 Å². The monoisotopic (exact) mass is 258 g/mol. The number of benzene rings is 1. The second-order valence-corrected chi connectivity index (χ2v) is 5.69. The Labute approximate surface area is 115 Å². The first-order valence-corrected chi connectivity index (χ1v) is 7.42. The smallest absolute Gasteiger partial charge is 0.234 e.